The molecule has 0 bridgehead atoms. The van der Waals surface area contributed by atoms with Crippen LogP contribution >= 0.6 is 0 Å². The summed E-state index contributed by atoms with van der Waals surface area (Å²) in [6.45, 7) is 7.26. The van der Waals surface area contributed by atoms with Gasteiger partial charge < -0.3 is 19.8 Å². The van der Waals surface area contributed by atoms with E-state index in [0.717, 1.165) is 19.5 Å². The summed E-state index contributed by atoms with van der Waals surface area (Å²) in [5, 5.41) is 19.3. The van der Waals surface area contributed by atoms with Gasteiger partial charge in [-0.15, -0.1) is 0 Å². The zero-order valence-corrected chi connectivity index (χ0v) is 10.6. The summed E-state index contributed by atoms with van der Waals surface area (Å²) in [6.07, 6.45) is 0.666. The molecule has 16 heavy (non-hydrogen) atoms. The van der Waals surface area contributed by atoms with Crippen molar-refractivity contribution in [3.05, 3.63) is 0 Å². The number of rotatable bonds is 6. The number of hydrogen-bond acceptors (Lipinski definition) is 4. The summed E-state index contributed by atoms with van der Waals surface area (Å²) in [4.78, 5) is 2.22. The fraction of sp³-hybridized carbons (Fsp3) is 1.00. The quantitative estimate of drug-likeness (QED) is 0.692. The van der Waals surface area contributed by atoms with Gasteiger partial charge in [-0.25, -0.2) is 0 Å². The maximum atomic E-state index is 9.82. The van der Waals surface area contributed by atoms with E-state index in [4.69, 9.17) is 4.74 Å². The number of likely N-dealkylation sites (tertiary alicyclic amines) is 1. The topological polar surface area (TPSA) is 52.9 Å². The van der Waals surface area contributed by atoms with Crippen LogP contribution in [0.15, 0.2) is 0 Å². The third-order valence-electron chi connectivity index (χ3n) is 3.52. The minimum atomic E-state index is -0.281. The number of nitrogens with zero attached hydrogens (tertiary/aromatic N) is 1. The number of β-amino-alcohol motifs (C(OH)–C–C–N with tert-alkyl or cyclic N) is 1. The zero-order valence-electron chi connectivity index (χ0n) is 10.6. The Kier molecular flexibility index (Phi) is 5.18. The molecule has 0 saturated carbocycles. The lowest BCUT2D eigenvalue weighted by Crippen LogP contribution is -2.38. The number of aliphatic hydroxyl groups excluding tert-OH is 2. The van der Waals surface area contributed by atoms with Crippen molar-refractivity contribution in [3.63, 3.8) is 0 Å². The highest BCUT2D eigenvalue weighted by Gasteiger charge is 2.38. The van der Waals surface area contributed by atoms with Gasteiger partial charge in [-0.3, -0.25) is 0 Å². The molecule has 2 atom stereocenters. The Morgan fingerprint density at radius 2 is 2.12 bits per heavy atom. The molecule has 2 unspecified atom stereocenters. The van der Waals surface area contributed by atoms with Gasteiger partial charge in [-0.2, -0.15) is 0 Å². The van der Waals surface area contributed by atoms with E-state index in [0.29, 0.717) is 13.2 Å². The van der Waals surface area contributed by atoms with E-state index in [9.17, 15) is 10.2 Å². The van der Waals surface area contributed by atoms with Crippen molar-refractivity contribution in [1.29, 1.82) is 0 Å². The average Bonchev–Trinajstić information content (AvgIpc) is 2.63. The van der Waals surface area contributed by atoms with Gasteiger partial charge in [0.25, 0.3) is 0 Å². The Morgan fingerprint density at radius 3 is 2.62 bits per heavy atom. The standard InChI is InChI=1S/C12H25NO3/c1-10(2)11(15)6-13-5-4-12(7-13,8-14)9-16-3/h10-11,14-15H,4-9H2,1-3H3. The van der Waals surface area contributed by atoms with Gasteiger partial charge in [-0.05, 0) is 18.9 Å². The zero-order chi connectivity index (χ0) is 12.2. The molecule has 1 aliphatic heterocycles. The molecule has 1 saturated heterocycles. The van der Waals surface area contributed by atoms with E-state index >= 15 is 0 Å². The van der Waals surface area contributed by atoms with Crippen molar-refractivity contribution in [2.45, 2.75) is 26.4 Å². The monoisotopic (exact) mass is 231 g/mol. The van der Waals surface area contributed by atoms with Gasteiger partial charge >= 0.3 is 0 Å². The van der Waals surface area contributed by atoms with Gasteiger partial charge in [0.1, 0.15) is 0 Å². The minimum Gasteiger partial charge on any atom is -0.396 e. The van der Waals surface area contributed by atoms with E-state index in [-0.39, 0.29) is 24.0 Å². The second-order valence-corrected chi connectivity index (χ2v) is 5.39. The van der Waals surface area contributed by atoms with Crippen LogP contribution in [0.3, 0.4) is 0 Å². The van der Waals surface area contributed by atoms with Crippen molar-refractivity contribution in [1.82, 2.24) is 4.90 Å². The Labute approximate surface area is 98.2 Å². The van der Waals surface area contributed by atoms with Crippen LogP contribution in [-0.2, 0) is 4.74 Å². The third-order valence-corrected chi connectivity index (χ3v) is 3.52. The molecule has 0 spiro atoms. The summed E-state index contributed by atoms with van der Waals surface area (Å²) >= 11 is 0. The molecule has 0 amide bonds. The van der Waals surface area contributed by atoms with Crippen molar-refractivity contribution in [2.75, 3.05) is 40.0 Å². The highest BCUT2D eigenvalue weighted by atomic mass is 16.5. The first-order valence-electron chi connectivity index (χ1n) is 6.03. The molecule has 0 radical (unpaired) electrons. The first-order valence-corrected chi connectivity index (χ1v) is 6.03. The summed E-state index contributed by atoms with van der Waals surface area (Å²) in [7, 11) is 1.67. The lowest BCUT2D eigenvalue weighted by atomic mass is 9.89. The average molecular weight is 231 g/mol. The lowest BCUT2D eigenvalue weighted by molar-refractivity contribution is 0.0275. The van der Waals surface area contributed by atoms with Crippen LogP contribution in [0.25, 0.3) is 0 Å². The Bertz CT molecular complexity index is 210. The summed E-state index contributed by atoms with van der Waals surface area (Å²) in [5.41, 5.74) is -0.120. The van der Waals surface area contributed by atoms with Crippen molar-refractivity contribution in [3.8, 4) is 0 Å². The Hall–Kier alpha value is -0.160. The number of ether oxygens (including phenoxy) is 1. The third kappa shape index (κ3) is 3.42. The fourth-order valence-corrected chi connectivity index (χ4v) is 2.26. The molecule has 0 aliphatic carbocycles. The van der Waals surface area contributed by atoms with Crippen LogP contribution in [0.4, 0.5) is 0 Å². The van der Waals surface area contributed by atoms with Crippen LogP contribution in [-0.4, -0.2) is 61.2 Å². The van der Waals surface area contributed by atoms with E-state index in [1.807, 2.05) is 13.8 Å². The summed E-state index contributed by atoms with van der Waals surface area (Å²) < 4.78 is 5.17. The molecule has 2 N–H and O–H groups in total. The fourth-order valence-electron chi connectivity index (χ4n) is 2.26. The smallest absolute Gasteiger partial charge is 0.0689 e. The molecule has 1 aliphatic rings. The van der Waals surface area contributed by atoms with Gasteiger partial charge in [0.2, 0.25) is 0 Å². The van der Waals surface area contributed by atoms with Gasteiger partial charge in [0, 0.05) is 25.6 Å². The molecule has 0 aromatic heterocycles. The molecule has 0 aromatic rings. The van der Waals surface area contributed by atoms with Crippen LogP contribution < -0.4 is 0 Å². The maximum Gasteiger partial charge on any atom is 0.0689 e. The molecule has 96 valence electrons. The molecule has 1 rings (SSSR count). The van der Waals surface area contributed by atoms with Crippen LogP contribution in [0, 0.1) is 11.3 Å². The Morgan fingerprint density at radius 1 is 1.44 bits per heavy atom. The molecule has 1 heterocycles. The first kappa shape index (κ1) is 13.9. The van der Waals surface area contributed by atoms with E-state index < -0.39 is 0 Å². The molecular formula is C12H25NO3. The predicted octanol–water partition coefficient (Wildman–Crippen LogP) is 0.334. The highest BCUT2D eigenvalue weighted by Crippen LogP contribution is 2.30. The minimum absolute atomic E-state index is 0.120. The molecule has 4 nitrogen and oxygen atoms in total. The largest absolute Gasteiger partial charge is 0.396 e. The molecular weight excluding hydrogens is 206 g/mol. The number of methoxy groups -OCH3 is 1. The molecule has 1 fully saturated rings. The first-order chi connectivity index (χ1) is 7.53. The van der Waals surface area contributed by atoms with Crippen molar-refractivity contribution < 1.29 is 14.9 Å². The van der Waals surface area contributed by atoms with Crippen LogP contribution in [0.5, 0.6) is 0 Å². The van der Waals surface area contributed by atoms with E-state index in [1.165, 1.54) is 0 Å². The Balaban J connectivity index is 2.44. The van der Waals surface area contributed by atoms with Crippen LogP contribution in [0.2, 0.25) is 0 Å². The van der Waals surface area contributed by atoms with Crippen molar-refractivity contribution in [2.24, 2.45) is 11.3 Å². The van der Waals surface area contributed by atoms with Gasteiger partial charge in [0.05, 0.1) is 19.3 Å². The SMILES string of the molecule is COCC1(CO)CCN(CC(O)C(C)C)C1. The molecule has 4 heteroatoms. The van der Waals surface area contributed by atoms with Gasteiger partial charge in [0.15, 0.2) is 0 Å². The van der Waals surface area contributed by atoms with E-state index in [1.54, 1.807) is 7.11 Å². The van der Waals surface area contributed by atoms with E-state index in [2.05, 4.69) is 4.90 Å². The predicted molar refractivity (Wildman–Crippen MR) is 63.3 cm³/mol. The van der Waals surface area contributed by atoms with Crippen molar-refractivity contribution >= 4 is 0 Å². The molecule has 0 aromatic carbocycles. The summed E-state index contributed by atoms with van der Waals surface area (Å²) in [6, 6.07) is 0. The second-order valence-electron chi connectivity index (χ2n) is 5.39. The number of aliphatic hydroxyl groups is 2. The van der Waals surface area contributed by atoms with Gasteiger partial charge in [-0.1, -0.05) is 13.8 Å². The summed E-state index contributed by atoms with van der Waals surface area (Å²) in [5.74, 6) is 0.284. The van der Waals surface area contributed by atoms with Crippen LogP contribution in [0.1, 0.15) is 20.3 Å². The lowest BCUT2D eigenvalue weighted by Gasteiger charge is -2.27. The normalized spacial score (nSPS) is 28.9. The number of hydrogen-bond donors (Lipinski definition) is 2. The maximum absolute atomic E-state index is 9.82. The second kappa shape index (κ2) is 5.96. The highest BCUT2D eigenvalue weighted by molar-refractivity contribution is 4.90.